The van der Waals surface area contributed by atoms with Gasteiger partial charge in [-0.1, -0.05) is 0 Å². The van der Waals surface area contributed by atoms with Crippen molar-refractivity contribution >= 4 is 11.0 Å². The van der Waals surface area contributed by atoms with E-state index >= 15 is 0 Å². The molecule has 0 aliphatic rings. The molecule has 0 atom stereocenters. The largest absolute Gasteiger partial charge is 0.416 e. The van der Waals surface area contributed by atoms with Gasteiger partial charge in [0.05, 0.1) is 16.6 Å². The molecule has 0 radical (unpaired) electrons. The number of rotatable bonds is 2. The molecular formula is C14H10F3N3. The van der Waals surface area contributed by atoms with E-state index in [4.69, 9.17) is 0 Å². The van der Waals surface area contributed by atoms with Gasteiger partial charge in [-0.2, -0.15) is 13.2 Å². The molecule has 3 rings (SSSR count). The molecule has 1 aromatic carbocycles. The summed E-state index contributed by atoms with van der Waals surface area (Å²) in [5.74, 6) is 0.630. The number of H-pyrrole nitrogens is 1. The maximum absolute atomic E-state index is 12.6. The first kappa shape index (κ1) is 12.7. The molecule has 0 amide bonds. The first-order valence-corrected chi connectivity index (χ1v) is 5.97. The van der Waals surface area contributed by atoms with Crippen LogP contribution in [0.1, 0.15) is 17.0 Å². The first-order chi connectivity index (χ1) is 9.52. The van der Waals surface area contributed by atoms with Crippen LogP contribution in [0.5, 0.6) is 0 Å². The molecule has 3 nitrogen and oxygen atoms in total. The number of pyridine rings is 1. The van der Waals surface area contributed by atoms with Gasteiger partial charge < -0.3 is 4.98 Å². The Labute approximate surface area is 112 Å². The highest BCUT2D eigenvalue weighted by atomic mass is 19.4. The Bertz CT molecular complexity index is 732. The smallest absolute Gasteiger partial charge is 0.342 e. The van der Waals surface area contributed by atoms with Crippen LogP contribution in [0, 0.1) is 0 Å². The van der Waals surface area contributed by atoms with Gasteiger partial charge in [0.15, 0.2) is 0 Å². The molecule has 2 heterocycles. The van der Waals surface area contributed by atoms with Crippen molar-refractivity contribution in [1.82, 2.24) is 15.0 Å². The van der Waals surface area contributed by atoms with E-state index in [1.165, 1.54) is 6.07 Å². The number of imidazole rings is 1. The van der Waals surface area contributed by atoms with E-state index in [-0.39, 0.29) is 0 Å². The average Bonchev–Trinajstić information content (AvgIpc) is 2.80. The van der Waals surface area contributed by atoms with Gasteiger partial charge in [0.25, 0.3) is 0 Å². The number of alkyl halides is 3. The Balaban J connectivity index is 1.95. The molecule has 0 fully saturated rings. The fourth-order valence-corrected chi connectivity index (χ4v) is 2.02. The van der Waals surface area contributed by atoms with E-state index in [2.05, 4.69) is 15.0 Å². The Morgan fingerprint density at radius 2 is 1.80 bits per heavy atom. The number of fused-ring (bicyclic) bond motifs is 1. The average molecular weight is 277 g/mol. The molecule has 102 valence electrons. The summed E-state index contributed by atoms with van der Waals surface area (Å²) in [6, 6.07) is 7.19. The molecule has 0 aliphatic carbocycles. The van der Waals surface area contributed by atoms with Crippen molar-refractivity contribution in [2.45, 2.75) is 12.6 Å². The third-order valence-electron chi connectivity index (χ3n) is 2.98. The summed E-state index contributed by atoms with van der Waals surface area (Å²) in [6.07, 6.45) is -0.484. The normalized spacial score (nSPS) is 11.9. The molecule has 6 heteroatoms. The summed E-state index contributed by atoms with van der Waals surface area (Å²) in [4.78, 5) is 11.1. The predicted molar refractivity (Wildman–Crippen MR) is 68.1 cm³/mol. The molecule has 0 spiro atoms. The highest BCUT2D eigenvalue weighted by Gasteiger charge is 2.30. The molecule has 2 aromatic heterocycles. The molecule has 3 aromatic rings. The van der Waals surface area contributed by atoms with Gasteiger partial charge in [-0.3, -0.25) is 4.98 Å². The van der Waals surface area contributed by atoms with Crippen LogP contribution >= 0.6 is 0 Å². The lowest BCUT2D eigenvalue weighted by Crippen LogP contribution is -2.04. The summed E-state index contributed by atoms with van der Waals surface area (Å²) in [5.41, 5.74) is 1.24. The van der Waals surface area contributed by atoms with E-state index in [1.807, 2.05) is 12.1 Å². The molecular weight excluding hydrogens is 267 g/mol. The zero-order chi connectivity index (χ0) is 14.2. The van der Waals surface area contributed by atoms with Crippen LogP contribution in [0.15, 0.2) is 42.7 Å². The molecule has 20 heavy (non-hydrogen) atoms. The summed E-state index contributed by atoms with van der Waals surface area (Å²) in [5, 5.41) is 0. The zero-order valence-corrected chi connectivity index (χ0v) is 10.3. The predicted octanol–water partition coefficient (Wildman–Crippen LogP) is 3.57. The zero-order valence-electron chi connectivity index (χ0n) is 10.3. The third kappa shape index (κ3) is 2.49. The number of hydrogen-bond acceptors (Lipinski definition) is 2. The monoisotopic (exact) mass is 277 g/mol. The van der Waals surface area contributed by atoms with Gasteiger partial charge in [0, 0.05) is 18.8 Å². The van der Waals surface area contributed by atoms with Crippen LogP contribution in [-0.4, -0.2) is 15.0 Å². The number of aromatic amines is 1. The minimum atomic E-state index is -4.34. The molecule has 0 saturated carbocycles. The Hall–Kier alpha value is -2.37. The Morgan fingerprint density at radius 3 is 2.50 bits per heavy atom. The van der Waals surface area contributed by atoms with Gasteiger partial charge in [-0.25, -0.2) is 4.98 Å². The summed E-state index contributed by atoms with van der Waals surface area (Å²) in [7, 11) is 0. The lowest BCUT2D eigenvalue weighted by atomic mass is 10.2. The minimum Gasteiger partial charge on any atom is -0.342 e. The Kier molecular flexibility index (Phi) is 2.93. The summed E-state index contributed by atoms with van der Waals surface area (Å²) in [6.45, 7) is 0. The van der Waals surface area contributed by atoms with E-state index in [9.17, 15) is 13.2 Å². The lowest BCUT2D eigenvalue weighted by molar-refractivity contribution is -0.137. The highest BCUT2D eigenvalue weighted by Crippen LogP contribution is 2.30. The van der Waals surface area contributed by atoms with Gasteiger partial charge in [-0.15, -0.1) is 0 Å². The number of nitrogens with zero attached hydrogens (tertiary/aromatic N) is 2. The van der Waals surface area contributed by atoms with E-state index in [1.54, 1.807) is 12.4 Å². The van der Waals surface area contributed by atoms with Crippen molar-refractivity contribution in [3.63, 3.8) is 0 Å². The van der Waals surface area contributed by atoms with E-state index in [0.717, 1.165) is 17.7 Å². The fraction of sp³-hybridized carbons (Fsp3) is 0.143. The number of benzene rings is 1. The van der Waals surface area contributed by atoms with Gasteiger partial charge in [0.2, 0.25) is 0 Å². The minimum absolute atomic E-state index is 0.392. The Morgan fingerprint density at radius 1 is 1.05 bits per heavy atom. The first-order valence-electron chi connectivity index (χ1n) is 5.97. The van der Waals surface area contributed by atoms with Crippen molar-refractivity contribution < 1.29 is 13.2 Å². The van der Waals surface area contributed by atoms with Crippen molar-refractivity contribution in [3.05, 3.63) is 59.7 Å². The molecule has 0 bridgehead atoms. The maximum atomic E-state index is 12.6. The number of aromatic nitrogens is 3. The van der Waals surface area contributed by atoms with Crippen LogP contribution in [-0.2, 0) is 12.6 Å². The molecule has 0 saturated heterocycles. The van der Waals surface area contributed by atoms with Crippen LogP contribution in [0.4, 0.5) is 13.2 Å². The van der Waals surface area contributed by atoms with Crippen LogP contribution in [0.25, 0.3) is 11.0 Å². The van der Waals surface area contributed by atoms with Crippen LogP contribution in [0.2, 0.25) is 0 Å². The highest BCUT2D eigenvalue weighted by molar-refractivity contribution is 5.76. The van der Waals surface area contributed by atoms with Crippen molar-refractivity contribution in [2.75, 3.05) is 0 Å². The lowest BCUT2D eigenvalue weighted by Gasteiger charge is -2.05. The van der Waals surface area contributed by atoms with Gasteiger partial charge in [0.1, 0.15) is 5.82 Å². The van der Waals surface area contributed by atoms with Crippen molar-refractivity contribution in [2.24, 2.45) is 0 Å². The van der Waals surface area contributed by atoms with Crippen LogP contribution in [0.3, 0.4) is 0 Å². The fourth-order valence-electron chi connectivity index (χ4n) is 2.02. The standard InChI is InChI=1S/C14H10F3N3/c15-14(16,17)10-1-2-11-12(8-10)20-13(19-11)7-9-3-5-18-6-4-9/h1-6,8H,7H2,(H,19,20). The summed E-state index contributed by atoms with van der Waals surface area (Å²) < 4.78 is 37.9. The number of hydrogen-bond donors (Lipinski definition) is 1. The quantitative estimate of drug-likeness (QED) is 0.778. The number of halogens is 3. The van der Waals surface area contributed by atoms with Gasteiger partial charge >= 0.3 is 6.18 Å². The third-order valence-corrected chi connectivity index (χ3v) is 2.98. The second-order valence-corrected chi connectivity index (χ2v) is 4.45. The molecule has 0 aliphatic heterocycles. The van der Waals surface area contributed by atoms with Crippen LogP contribution < -0.4 is 0 Å². The van der Waals surface area contributed by atoms with Crippen molar-refractivity contribution in [3.8, 4) is 0 Å². The summed E-state index contributed by atoms with van der Waals surface area (Å²) >= 11 is 0. The van der Waals surface area contributed by atoms with Crippen molar-refractivity contribution in [1.29, 1.82) is 0 Å². The topological polar surface area (TPSA) is 41.6 Å². The van der Waals surface area contributed by atoms with E-state index < -0.39 is 11.7 Å². The second-order valence-electron chi connectivity index (χ2n) is 4.45. The SMILES string of the molecule is FC(F)(F)c1ccc2nc(Cc3ccncc3)[nH]c2c1. The maximum Gasteiger partial charge on any atom is 0.416 e. The van der Waals surface area contributed by atoms with Gasteiger partial charge in [-0.05, 0) is 35.9 Å². The second kappa shape index (κ2) is 4.63. The number of nitrogens with one attached hydrogen (secondary N) is 1. The molecule has 1 N–H and O–H groups in total. The van der Waals surface area contributed by atoms with E-state index in [0.29, 0.717) is 23.3 Å². The molecule has 0 unspecified atom stereocenters.